The highest BCUT2D eigenvalue weighted by molar-refractivity contribution is 5.30. The quantitative estimate of drug-likeness (QED) is 0.827. The van der Waals surface area contributed by atoms with E-state index in [0.717, 1.165) is 25.1 Å². The Bertz CT molecular complexity index is 407. The molecule has 3 heteroatoms. The summed E-state index contributed by atoms with van der Waals surface area (Å²) in [4.78, 5) is 0. The Kier molecular flexibility index (Phi) is 3.50. The number of hydrogen-bond acceptors (Lipinski definition) is 2. The Morgan fingerprint density at radius 3 is 2.94 bits per heavy atom. The molecule has 2 atom stereocenters. The minimum Gasteiger partial charge on any atom is -0.385 e. The number of benzene rings is 1. The van der Waals surface area contributed by atoms with Crippen molar-refractivity contribution in [2.45, 2.75) is 32.3 Å². The van der Waals surface area contributed by atoms with E-state index in [2.05, 4.69) is 12.2 Å². The van der Waals surface area contributed by atoms with Crippen LogP contribution >= 0.6 is 0 Å². The lowest BCUT2D eigenvalue weighted by Gasteiger charge is -2.40. The highest BCUT2D eigenvalue weighted by atomic mass is 19.1. The summed E-state index contributed by atoms with van der Waals surface area (Å²) in [6.07, 6.45) is 1.61. The van der Waals surface area contributed by atoms with Crippen LogP contribution in [0, 0.1) is 18.7 Å². The van der Waals surface area contributed by atoms with Crippen LogP contribution in [0.5, 0.6) is 0 Å². The first kappa shape index (κ1) is 12.5. The molecule has 2 nitrogen and oxygen atoms in total. The molecule has 0 amide bonds. The van der Waals surface area contributed by atoms with Crippen LogP contribution in [0.1, 0.15) is 30.9 Å². The average Bonchev–Trinajstić information content (AvgIpc) is 2.33. The molecular formula is C14H20FNO. The number of hydrogen-bond donors (Lipinski definition) is 2. The van der Waals surface area contributed by atoms with Crippen molar-refractivity contribution in [1.82, 2.24) is 5.32 Å². The lowest BCUT2D eigenvalue weighted by molar-refractivity contribution is -0.0479. The van der Waals surface area contributed by atoms with E-state index in [1.165, 1.54) is 6.07 Å². The van der Waals surface area contributed by atoms with Crippen LogP contribution < -0.4 is 5.32 Å². The van der Waals surface area contributed by atoms with Gasteiger partial charge >= 0.3 is 0 Å². The molecule has 0 spiro atoms. The van der Waals surface area contributed by atoms with E-state index in [-0.39, 0.29) is 11.7 Å². The number of halogens is 1. The van der Waals surface area contributed by atoms with Crippen LogP contribution in [0.3, 0.4) is 0 Å². The predicted molar refractivity (Wildman–Crippen MR) is 66.3 cm³/mol. The zero-order chi connectivity index (χ0) is 12.5. The number of piperidine rings is 1. The Morgan fingerprint density at radius 2 is 2.29 bits per heavy atom. The molecule has 0 aliphatic carbocycles. The van der Waals surface area contributed by atoms with E-state index in [1.54, 1.807) is 19.1 Å². The monoisotopic (exact) mass is 237 g/mol. The highest BCUT2D eigenvalue weighted by Gasteiger charge is 2.39. The largest absolute Gasteiger partial charge is 0.385 e. The van der Waals surface area contributed by atoms with Gasteiger partial charge in [0.15, 0.2) is 0 Å². The van der Waals surface area contributed by atoms with Gasteiger partial charge in [-0.05, 0) is 43.5 Å². The van der Waals surface area contributed by atoms with Gasteiger partial charge in [-0.2, -0.15) is 0 Å². The molecule has 0 aromatic heterocycles. The third-order valence-corrected chi connectivity index (χ3v) is 3.90. The lowest BCUT2D eigenvalue weighted by atomic mass is 9.75. The summed E-state index contributed by atoms with van der Waals surface area (Å²) in [5.41, 5.74) is 0.646. The number of aliphatic hydroxyl groups is 1. The van der Waals surface area contributed by atoms with Gasteiger partial charge in [0.2, 0.25) is 0 Å². The lowest BCUT2D eigenvalue weighted by Crippen LogP contribution is -2.47. The molecule has 1 aliphatic rings. The molecule has 1 saturated heterocycles. The summed E-state index contributed by atoms with van der Waals surface area (Å²) in [5, 5.41) is 14.2. The normalized spacial score (nSPS) is 29.3. The molecule has 2 rings (SSSR count). The van der Waals surface area contributed by atoms with Crippen LogP contribution in [-0.4, -0.2) is 18.2 Å². The maximum Gasteiger partial charge on any atom is 0.126 e. The Hall–Kier alpha value is -0.930. The fraction of sp³-hybridized carbons (Fsp3) is 0.571. The van der Waals surface area contributed by atoms with Gasteiger partial charge in [-0.1, -0.05) is 19.1 Å². The average molecular weight is 237 g/mol. The first-order chi connectivity index (χ1) is 8.08. The summed E-state index contributed by atoms with van der Waals surface area (Å²) in [6, 6.07) is 4.96. The van der Waals surface area contributed by atoms with Crippen molar-refractivity contribution in [3.05, 3.63) is 35.1 Å². The molecule has 2 unspecified atom stereocenters. The standard InChI is InChI=1S/C14H20FNO/c1-3-11-9-16-7-6-14(11,17)12-4-5-13(15)10(2)8-12/h4-5,8,11,16-17H,3,6-7,9H2,1-2H3. The van der Waals surface area contributed by atoms with Crippen LogP contribution in [0.4, 0.5) is 4.39 Å². The van der Waals surface area contributed by atoms with Crippen molar-refractivity contribution < 1.29 is 9.50 Å². The molecule has 0 saturated carbocycles. The Morgan fingerprint density at radius 1 is 1.53 bits per heavy atom. The number of rotatable bonds is 2. The predicted octanol–water partition coefficient (Wildman–Crippen LogP) is 2.34. The van der Waals surface area contributed by atoms with Crippen molar-refractivity contribution in [3.8, 4) is 0 Å². The van der Waals surface area contributed by atoms with Gasteiger partial charge in [-0.3, -0.25) is 0 Å². The van der Waals surface area contributed by atoms with E-state index in [0.29, 0.717) is 12.0 Å². The topological polar surface area (TPSA) is 32.3 Å². The second-order valence-corrected chi connectivity index (χ2v) is 4.95. The van der Waals surface area contributed by atoms with E-state index < -0.39 is 5.60 Å². The molecule has 94 valence electrons. The third-order valence-electron chi connectivity index (χ3n) is 3.90. The van der Waals surface area contributed by atoms with E-state index in [1.807, 2.05) is 0 Å². The molecule has 0 bridgehead atoms. The minimum absolute atomic E-state index is 0.195. The van der Waals surface area contributed by atoms with Crippen LogP contribution in [0.2, 0.25) is 0 Å². The number of aryl methyl sites for hydroxylation is 1. The van der Waals surface area contributed by atoms with Crippen molar-refractivity contribution in [2.75, 3.05) is 13.1 Å². The second-order valence-electron chi connectivity index (χ2n) is 4.95. The first-order valence-corrected chi connectivity index (χ1v) is 6.27. The summed E-state index contributed by atoms with van der Waals surface area (Å²) in [5.74, 6) is -0.0135. The minimum atomic E-state index is -0.807. The Labute approximate surface area is 102 Å². The second kappa shape index (κ2) is 4.75. The van der Waals surface area contributed by atoms with Gasteiger partial charge in [-0.15, -0.1) is 0 Å². The van der Waals surface area contributed by atoms with Gasteiger partial charge < -0.3 is 10.4 Å². The molecule has 1 fully saturated rings. The smallest absolute Gasteiger partial charge is 0.126 e. The molecule has 1 aromatic carbocycles. The number of nitrogens with one attached hydrogen (secondary N) is 1. The molecule has 0 radical (unpaired) electrons. The van der Waals surface area contributed by atoms with Gasteiger partial charge in [0.05, 0.1) is 5.60 Å². The van der Waals surface area contributed by atoms with Crippen molar-refractivity contribution in [1.29, 1.82) is 0 Å². The molecule has 17 heavy (non-hydrogen) atoms. The zero-order valence-electron chi connectivity index (χ0n) is 10.5. The van der Waals surface area contributed by atoms with Crippen LogP contribution in [0.15, 0.2) is 18.2 Å². The zero-order valence-corrected chi connectivity index (χ0v) is 10.5. The Balaban J connectivity index is 2.37. The van der Waals surface area contributed by atoms with E-state index in [9.17, 15) is 9.50 Å². The van der Waals surface area contributed by atoms with Crippen LogP contribution in [-0.2, 0) is 5.60 Å². The van der Waals surface area contributed by atoms with Gasteiger partial charge in [-0.25, -0.2) is 4.39 Å². The van der Waals surface area contributed by atoms with Crippen molar-refractivity contribution in [2.24, 2.45) is 5.92 Å². The van der Waals surface area contributed by atoms with Crippen LogP contribution in [0.25, 0.3) is 0 Å². The molecule has 1 aromatic rings. The SMILES string of the molecule is CCC1CNCCC1(O)c1ccc(F)c(C)c1. The third kappa shape index (κ3) is 2.22. The molecule has 1 aliphatic heterocycles. The van der Waals surface area contributed by atoms with E-state index in [4.69, 9.17) is 0 Å². The molecule has 1 heterocycles. The molecule has 2 N–H and O–H groups in total. The van der Waals surface area contributed by atoms with Crippen molar-refractivity contribution >= 4 is 0 Å². The first-order valence-electron chi connectivity index (χ1n) is 6.27. The molecular weight excluding hydrogens is 217 g/mol. The fourth-order valence-electron chi connectivity index (χ4n) is 2.70. The van der Waals surface area contributed by atoms with Gasteiger partial charge in [0.1, 0.15) is 5.82 Å². The van der Waals surface area contributed by atoms with Crippen molar-refractivity contribution in [3.63, 3.8) is 0 Å². The fourth-order valence-corrected chi connectivity index (χ4v) is 2.70. The summed E-state index contributed by atoms with van der Waals surface area (Å²) < 4.78 is 13.3. The summed E-state index contributed by atoms with van der Waals surface area (Å²) >= 11 is 0. The summed E-state index contributed by atoms with van der Waals surface area (Å²) in [6.45, 7) is 5.45. The highest BCUT2D eigenvalue weighted by Crippen LogP contribution is 2.37. The maximum atomic E-state index is 13.3. The summed E-state index contributed by atoms with van der Waals surface area (Å²) in [7, 11) is 0. The van der Waals surface area contributed by atoms with Gasteiger partial charge in [0.25, 0.3) is 0 Å². The van der Waals surface area contributed by atoms with E-state index >= 15 is 0 Å². The van der Waals surface area contributed by atoms with Gasteiger partial charge in [0, 0.05) is 12.5 Å². The maximum absolute atomic E-state index is 13.3.